The molecule has 29 heavy (non-hydrogen) atoms. The second-order valence-electron chi connectivity index (χ2n) is 7.63. The van der Waals surface area contributed by atoms with Gasteiger partial charge < -0.3 is 20.2 Å². The first-order valence-electron chi connectivity index (χ1n) is 10.5. The van der Waals surface area contributed by atoms with Crippen LogP contribution in [0.3, 0.4) is 0 Å². The van der Waals surface area contributed by atoms with Gasteiger partial charge in [-0.15, -0.1) is 0 Å². The van der Waals surface area contributed by atoms with Crippen LogP contribution in [-0.2, 0) is 25.8 Å². The quantitative estimate of drug-likeness (QED) is 0.592. The first kappa shape index (κ1) is 19.9. The van der Waals surface area contributed by atoms with Crippen LogP contribution in [0, 0.1) is 0 Å². The van der Waals surface area contributed by atoms with Crippen molar-refractivity contribution in [1.82, 2.24) is 19.6 Å². The Morgan fingerprint density at radius 3 is 2.72 bits per heavy atom. The van der Waals surface area contributed by atoms with Crippen molar-refractivity contribution in [3.05, 3.63) is 34.6 Å². The fourth-order valence-electron chi connectivity index (χ4n) is 4.22. The Bertz CT molecular complexity index is 872. The van der Waals surface area contributed by atoms with E-state index in [9.17, 15) is 5.11 Å². The summed E-state index contributed by atoms with van der Waals surface area (Å²) in [4.78, 5) is 13.7. The second kappa shape index (κ2) is 8.98. The van der Waals surface area contributed by atoms with Gasteiger partial charge in [0, 0.05) is 63.3 Å². The number of aliphatic imine (C=N–C) groups is 1. The van der Waals surface area contributed by atoms with Gasteiger partial charge in [-0.05, 0) is 42.9 Å². The minimum atomic E-state index is 0.390. The van der Waals surface area contributed by atoms with E-state index >= 15 is 0 Å². The van der Waals surface area contributed by atoms with E-state index in [2.05, 4.69) is 42.5 Å². The van der Waals surface area contributed by atoms with Crippen molar-refractivity contribution in [2.75, 3.05) is 38.1 Å². The number of rotatable bonds is 4. The Morgan fingerprint density at radius 1 is 1.21 bits per heavy atom. The molecule has 1 aromatic carbocycles. The van der Waals surface area contributed by atoms with Gasteiger partial charge in [-0.3, -0.25) is 4.99 Å². The third-order valence-electron chi connectivity index (χ3n) is 5.88. The Kier molecular flexibility index (Phi) is 6.18. The fraction of sp³-hybridized carbons (Fsp3) is 0.571. The lowest BCUT2D eigenvalue weighted by atomic mass is 9.88. The summed E-state index contributed by atoms with van der Waals surface area (Å²) in [5.41, 5.74) is 3.74. The molecule has 2 aliphatic rings. The van der Waals surface area contributed by atoms with Crippen LogP contribution in [-0.4, -0.2) is 58.6 Å². The lowest BCUT2D eigenvalue weighted by Crippen LogP contribution is -2.52. The van der Waals surface area contributed by atoms with Crippen LogP contribution in [0.15, 0.2) is 17.1 Å². The molecule has 7 nitrogen and oxygen atoms in total. The predicted molar refractivity (Wildman–Crippen MR) is 118 cm³/mol. The summed E-state index contributed by atoms with van der Waals surface area (Å²) in [6.45, 7) is 6.29. The molecule has 4 rings (SSSR count). The fourth-order valence-corrected chi connectivity index (χ4v) is 5.02. The molecule has 2 N–H and O–H groups in total. The van der Waals surface area contributed by atoms with Crippen molar-refractivity contribution < 1.29 is 5.11 Å². The van der Waals surface area contributed by atoms with Crippen molar-refractivity contribution >= 4 is 22.6 Å². The van der Waals surface area contributed by atoms with Gasteiger partial charge in [0.1, 0.15) is 11.6 Å². The number of phenols is 1. The topological polar surface area (TPSA) is 76.9 Å². The summed E-state index contributed by atoms with van der Waals surface area (Å²) in [7, 11) is 1.83. The van der Waals surface area contributed by atoms with Crippen LogP contribution in [0.2, 0.25) is 0 Å². The van der Waals surface area contributed by atoms with Crippen LogP contribution in [0.5, 0.6) is 5.75 Å². The number of benzene rings is 1. The summed E-state index contributed by atoms with van der Waals surface area (Å²) in [6.07, 6.45) is 5.49. The highest BCUT2D eigenvalue weighted by Gasteiger charge is 2.23. The van der Waals surface area contributed by atoms with E-state index in [-0.39, 0.29) is 0 Å². The van der Waals surface area contributed by atoms with Crippen molar-refractivity contribution in [1.29, 1.82) is 0 Å². The maximum atomic E-state index is 10.4. The lowest BCUT2D eigenvalue weighted by Gasteiger charge is -2.36. The van der Waals surface area contributed by atoms with Crippen molar-refractivity contribution in [2.24, 2.45) is 4.99 Å². The summed E-state index contributed by atoms with van der Waals surface area (Å²) in [6, 6.07) is 3.92. The molecule has 156 valence electrons. The standard InChI is InChI=1S/C21H30N6OS/c1-3-19-24-21(29-25-19)27-12-10-26(11-13-27)20(22-2)23-14-17-16-7-5-4-6-15(16)8-9-18(17)28/h8-9,28H,3-7,10-14H2,1-2H3,(H,22,23). The zero-order chi connectivity index (χ0) is 20.2. The summed E-state index contributed by atoms with van der Waals surface area (Å²) in [5, 5.41) is 14.9. The van der Waals surface area contributed by atoms with Crippen molar-refractivity contribution in [2.45, 2.75) is 45.6 Å². The lowest BCUT2D eigenvalue weighted by molar-refractivity contribution is 0.371. The third-order valence-corrected chi connectivity index (χ3v) is 6.70. The first-order valence-corrected chi connectivity index (χ1v) is 11.3. The molecule has 1 aliphatic carbocycles. The molecule has 8 heteroatoms. The number of nitrogens with one attached hydrogen (secondary N) is 1. The van der Waals surface area contributed by atoms with Gasteiger partial charge in [0.25, 0.3) is 0 Å². The van der Waals surface area contributed by atoms with E-state index in [0.29, 0.717) is 12.3 Å². The Balaban J connectivity index is 1.37. The maximum Gasteiger partial charge on any atom is 0.205 e. The van der Waals surface area contributed by atoms with Crippen LogP contribution in [0.25, 0.3) is 0 Å². The molecule has 0 atom stereocenters. The normalized spacial score (nSPS) is 17.4. The Hall–Kier alpha value is -2.35. The average molecular weight is 415 g/mol. The van der Waals surface area contributed by atoms with Gasteiger partial charge >= 0.3 is 0 Å². The Labute approximate surface area is 176 Å². The number of aromatic hydroxyl groups is 1. The number of hydrogen-bond donors (Lipinski definition) is 2. The summed E-state index contributed by atoms with van der Waals surface area (Å²) in [5.74, 6) is 2.21. The highest BCUT2D eigenvalue weighted by Crippen LogP contribution is 2.30. The molecule has 2 heterocycles. The van der Waals surface area contributed by atoms with Crippen molar-refractivity contribution in [3.63, 3.8) is 0 Å². The number of guanidine groups is 1. The van der Waals surface area contributed by atoms with E-state index in [1.54, 1.807) is 0 Å². The molecule has 2 aromatic rings. The molecule has 0 unspecified atom stereocenters. The van der Waals surface area contributed by atoms with Gasteiger partial charge in [-0.1, -0.05) is 13.0 Å². The monoisotopic (exact) mass is 414 g/mol. The summed E-state index contributed by atoms with van der Waals surface area (Å²) < 4.78 is 4.40. The molecule has 1 aliphatic heterocycles. The molecule has 1 fully saturated rings. The van der Waals surface area contributed by atoms with Crippen LogP contribution >= 0.6 is 11.5 Å². The van der Waals surface area contributed by atoms with E-state index in [1.165, 1.54) is 35.5 Å². The first-order chi connectivity index (χ1) is 14.2. The molecule has 1 aromatic heterocycles. The number of phenolic OH excluding ortho intramolecular Hbond substituents is 1. The van der Waals surface area contributed by atoms with Crippen LogP contribution in [0.4, 0.5) is 5.13 Å². The number of aromatic nitrogens is 2. The maximum absolute atomic E-state index is 10.4. The average Bonchev–Trinajstić information content (AvgIpc) is 3.25. The molecular formula is C21H30N6OS. The molecule has 0 amide bonds. The molecule has 0 saturated carbocycles. The smallest absolute Gasteiger partial charge is 0.205 e. The predicted octanol–water partition coefficient (Wildman–Crippen LogP) is 2.58. The van der Waals surface area contributed by atoms with E-state index < -0.39 is 0 Å². The molecular weight excluding hydrogens is 384 g/mol. The third kappa shape index (κ3) is 4.32. The van der Waals surface area contributed by atoms with E-state index in [1.807, 2.05) is 13.1 Å². The number of piperazine rings is 1. The zero-order valence-corrected chi connectivity index (χ0v) is 18.1. The van der Waals surface area contributed by atoms with Crippen molar-refractivity contribution in [3.8, 4) is 5.75 Å². The van der Waals surface area contributed by atoms with Crippen LogP contribution < -0.4 is 10.2 Å². The number of hydrogen-bond acceptors (Lipinski definition) is 6. The van der Waals surface area contributed by atoms with Crippen LogP contribution in [0.1, 0.15) is 42.3 Å². The highest BCUT2D eigenvalue weighted by molar-refractivity contribution is 7.09. The largest absolute Gasteiger partial charge is 0.508 e. The number of aryl methyl sites for hydroxylation is 2. The summed E-state index contributed by atoms with van der Waals surface area (Å²) >= 11 is 1.49. The highest BCUT2D eigenvalue weighted by atomic mass is 32.1. The molecule has 0 spiro atoms. The van der Waals surface area contributed by atoms with Gasteiger partial charge in [0.2, 0.25) is 5.13 Å². The van der Waals surface area contributed by atoms with Gasteiger partial charge in [0.05, 0.1) is 0 Å². The molecule has 0 bridgehead atoms. The van der Waals surface area contributed by atoms with Gasteiger partial charge in [-0.2, -0.15) is 4.37 Å². The molecule has 1 saturated heterocycles. The van der Waals surface area contributed by atoms with E-state index in [4.69, 9.17) is 0 Å². The minimum Gasteiger partial charge on any atom is -0.508 e. The Morgan fingerprint density at radius 2 is 2.00 bits per heavy atom. The van der Waals surface area contributed by atoms with Gasteiger partial charge in [-0.25, -0.2) is 4.98 Å². The zero-order valence-electron chi connectivity index (χ0n) is 17.3. The second-order valence-corrected chi connectivity index (χ2v) is 8.36. The molecule has 0 radical (unpaired) electrons. The number of anilines is 1. The number of nitrogens with zero attached hydrogens (tertiary/aromatic N) is 5. The minimum absolute atomic E-state index is 0.390. The van der Waals surface area contributed by atoms with E-state index in [0.717, 1.165) is 67.9 Å². The number of fused-ring (bicyclic) bond motifs is 1. The van der Waals surface area contributed by atoms with Gasteiger partial charge in [0.15, 0.2) is 5.96 Å². The SMILES string of the molecule is CCc1nsc(N2CCN(C(=NC)NCc3c(O)ccc4c3CCCC4)CC2)n1.